The van der Waals surface area contributed by atoms with Crippen molar-refractivity contribution in [3.63, 3.8) is 0 Å². The summed E-state index contributed by atoms with van der Waals surface area (Å²) < 4.78 is 1.80. The smallest absolute Gasteiger partial charge is 0.253 e. The van der Waals surface area contributed by atoms with Crippen LogP contribution in [0.15, 0.2) is 23.3 Å². The Labute approximate surface area is 159 Å². The SMILES string of the molecule is Cc1cc(N2CCC(Cn3cnc(C4CC4)cc3=O)CC2)nc(C2CC2)n1. The number of nitrogens with zero attached hydrogens (tertiary/aromatic N) is 5. The van der Waals surface area contributed by atoms with E-state index in [0.717, 1.165) is 55.5 Å². The van der Waals surface area contributed by atoms with Crippen LogP contribution in [-0.2, 0) is 6.54 Å². The Kier molecular flexibility index (Phi) is 4.21. The van der Waals surface area contributed by atoms with Gasteiger partial charge in [0.15, 0.2) is 0 Å². The van der Waals surface area contributed by atoms with Crippen LogP contribution in [0.5, 0.6) is 0 Å². The highest BCUT2D eigenvalue weighted by Gasteiger charge is 2.29. The lowest BCUT2D eigenvalue weighted by molar-refractivity contribution is 0.349. The van der Waals surface area contributed by atoms with Gasteiger partial charge in [0.1, 0.15) is 11.6 Å². The van der Waals surface area contributed by atoms with Crippen molar-refractivity contribution in [1.82, 2.24) is 19.5 Å². The molecule has 3 heterocycles. The van der Waals surface area contributed by atoms with Crippen LogP contribution in [0.1, 0.15) is 67.6 Å². The third-order valence-electron chi connectivity index (χ3n) is 6.09. The zero-order valence-corrected chi connectivity index (χ0v) is 16.0. The van der Waals surface area contributed by atoms with Crippen molar-refractivity contribution in [2.24, 2.45) is 5.92 Å². The summed E-state index contributed by atoms with van der Waals surface area (Å²) in [5.41, 5.74) is 2.16. The second kappa shape index (κ2) is 6.73. The maximum Gasteiger partial charge on any atom is 0.253 e. The van der Waals surface area contributed by atoms with Gasteiger partial charge in [0.05, 0.1) is 12.0 Å². The van der Waals surface area contributed by atoms with E-state index in [1.165, 1.54) is 25.7 Å². The Hall–Kier alpha value is -2.24. The summed E-state index contributed by atoms with van der Waals surface area (Å²) in [6, 6.07) is 3.85. The van der Waals surface area contributed by atoms with E-state index in [1.807, 2.05) is 0 Å². The van der Waals surface area contributed by atoms with Crippen LogP contribution in [-0.4, -0.2) is 32.6 Å². The normalized spacial score (nSPS) is 20.9. The molecule has 0 radical (unpaired) electrons. The highest BCUT2D eigenvalue weighted by atomic mass is 16.1. The molecule has 3 aliphatic rings. The molecule has 0 atom stereocenters. The minimum atomic E-state index is 0.106. The highest BCUT2D eigenvalue weighted by Crippen LogP contribution is 2.39. The van der Waals surface area contributed by atoms with Gasteiger partial charge in [-0.15, -0.1) is 0 Å². The summed E-state index contributed by atoms with van der Waals surface area (Å²) in [5, 5.41) is 0. The first-order valence-corrected chi connectivity index (χ1v) is 10.3. The maximum absolute atomic E-state index is 12.4. The molecule has 27 heavy (non-hydrogen) atoms. The fourth-order valence-electron chi connectivity index (χ4n) is 4.06. The van der Waals surface area contributed by atoms with Crippen LogP contribution in [0.4, 0.5) is 5.82 Å². The lowest BCUT2D eigenvalue weighted by Crippen LogP contribution is -2.37. The van der Waals surface area contributed by atoms with Crippen LogP contribution in [0.3, 0.4) is 0 Å². The lowest BCUT2D eigenvalue weighted by Gasteiger charge is -2.33. The second-order valence-electron chi connectivity index (χ2n) is 8.51. The van der Waals surface area contributed by atoms with E-state index in [9.17, 15) is 4.79 Å². The average molecular weight is 365 g/mol. The maximum atomic E-state index is 12.4. The number of anilines is 1. The molecular weight excluding hydrogens is 338 g/mol. The molecule has 0 aromatic carbocycles. The summed E-state index contributed by atoms with van der Waals surface area (Å²) >= 11 is 0. The van der Waals surface area contributed by atoms with Gasteiger partial charge >= 0.3 is 0 Å². The Morgan fingerprint density at radius 3 is 2.41 bits per heavy atom. The van der Waals surface area contributed by atoms with E-state index in [2.05, 4.69) is 27.9 Å². The summed E-state index contributed by atoms with van der Waals surface area (Å²) in [6.07, 6.45) is 8.75. The molecule has 5 rings (SSSR count). The first kappa shape index (κ1) is 16.9. The topological polar surface area (TPSA) is 63.9 Å². The third kappa shape index (κ3) is 3.75. The van der Waals surface area contributed by atoms with Gasteiger partial charge in [-0.05, 0) is 51.4 Å². The van der Waals surface area contributed by atoms with Crippen molar-refractivity contribution in [3.8, 4) is 0 Å². The predicted molar refractivity (Wildman–Crippen MR) is 104 cm³/mol. The van der Waals surface area contributed by atoms with E-state index in [4.69, 9.17) is 4.98 Å². The van der Waals surface area contributed by atoms with E-state index < -0.39 is 0 Å². The number of hydrogen-bond donors (Lipinski definition) is 0. The van der Waals surface area contributed by atoms with E-state index in [1.54, 1.807) is 17.0 Å². The first-order chi connectivity index (χ1) is 13.2. The van der Waals surface area contributed by atoms with Gasteiger partial charge in [-0.2, -0.15) is 0 Å². The number of aromatic nitrogens is 4. The number of piperidine rings is 1. The average Bonchev–Trinajstić information content (AvgIpc) is 3.56. The monoisotopic (exact) mass is 365 g/mol. The lowest BCUT2D eigenvalue weighted by atomic mass is 9.96. The summed E-state index contributed by atoms with van der Waals surface area (Å²) in [6.45, 7) is 4.83. The molecule has 2 aliphatic carbocycles. The van der Waals surface area contributed by atoms with Crippen LogP contribution < -0.4 is 10.5 Å². The molecule has 6 heteroatoms. The van der Waals surface area contributed by atoms with Crippen molar-refractivity contribution in [2.45, 2.75) is 63.8 Å². The molecule has 6 nitrogen and oxygen atoms in total. The van der Waals surface area contributed by atoms with Crippen LogP contribution in [0.2, 0.25) is 0 Å². The van der Waals surface area contributed by atoms with Gasteiger partial charge in [0.2, 0.25) is 0 Å². The second-order valence-corrected chi connectivity index (χ2v) is 8.51. The van der Waals surface area contributed by atoms with Gasteiger partial charge in [0, 0.05) is 49.3 Å². The zero-order chi connectivity index (χ0) is 18.4. The number of aryl methyl sites for hydroxylation is 1. The van der Waals surface area contributed by atoms with Crippen molar-refractivity contribution in [3.05, 3.63) is 46.0 Å². The van der Waals surface area contributed by atoms with Gasteiger partial charge in [0.25, 0.3) is 5.56 Å². The fourth-order valence-corrected chi connectivity index (χ4v) is 4.06. The van der Waals surface area contributed by atoms with Gasteiger partial charge in [-0.1, -0.05) is 0 Å². The molecule has 2 aromatic rings. The molecule has 3 fully saturated rings. The van der Waals surface area contributed by atoms with Gasteiger partial charge < -0.3 is 4.90 Å². The van der Waals surface area contributed by atoms with Crippen LogP contribution in [0.25, 0.3) is 0 Å². The Bertz CT molecular complexity index is 892. The van der Waals surface area contributed by atoms with Crippen molar-refractivity contribution in [1.29, 1.82) is 0 Å². The zero-order valence-electron chi connectivity index (χ0n) is 16.0. The first-order valence-electron chi connectivity index (χ1n) is 10.3. The Morgan fingerprint density at radius 1 is 1.00 bits per heavy atom. The molecule has 1 aliphatic heterocycles. The van der Waals surface area contributed by atoms with E-state index >= 15 is 0 Å². The predicted octanol–water partition coefficient (Wildman–Crippen LogP) is 3.01. The summed E-state index contributed by atoms with van der Waals surface area (Å²) in [7, 11) is 0. The molecule has 0 amide bonds. The minimum Gasteiger partial charge on any atom is -0.356 e. The largest absolute Gasteiger partial charge is 0.356 e. The number of rotatable bonds is 5. The molecule has 0 spiro atoms. The summed E-state index contributed by atoms with van der Waals surface area (Å²) in [5.74, 6) is 3.75. The van der Waals surface area contributed by atoms with Crippen LogP contribution in [0, 0.1) is 12.8 Å². The molecule has 0 bridgehead atoms. The van der Waals surface area contributed by atoms with Crippen molar-refractivity contribution < 1.29 is 0 Å². The van der Waals surface area contributed by atoms with Crippen LogP contribution >= 0.6 is 0 Å². The molecule has 2 saturated carbocycles. The fraction of sp³-hybridized carbons (Fsp3) is 0.619. The highest BCUT2D eigenvalue weighted by molar-refractivity contribution is 5.41. The van der Waals surface area contributed by atoms with Crippen molar-refractivity contribution in [2.75, 3.05) is 18.0 Å². The minimum absolute atomic E-state index is 0.106. The third-order valence-corrected chi connectivity index (χ3v) is 6.09. The molecule has 1 saturated heterocycles. The molecular formula is C21H27N5O. The van der Waals surface area contributed by atoms with E-state index in [-0.39, 0.29) is 5.56 Å². The molecule has 0 unspecified atom stereocenters. The standard InChI is InChI=1S/C21H27N5O/c1-14-10-19(24-21(23-14)17-4-5-17)25-8-6-15(7-9-25)12-26-13-22-18(11-20(26)27)16-2-3-16/h10-11,13,15-17H,2-9,12H2,1H3. The number of hydrogen-bond acceptors (Lipinski definition) is 5. The molecule has 142 valence electrons. The van der Waals surface area contributed by atoms with Gasteiger partial charge in [-0.25, -0.2) is 15.0 Å². The Morgan fingerprint density at radius 2 is 1.74 bits per heavy atom. The Balaban J connectivity index is 1.22. The molecule has 0 N–H and O–H groups in total. The quantitative estimate of drug-likeness (QED) is 0.815. The van der Waals surface area contributed by atoms with Gasteiger partial charge in [-0.3, -0.25) is 9.36 Å². The van der Waals surface area contributed by atoms with E-state index in [0.29, 0.717) is 17.8 Å². The summed E-state index contributed by atoms with van der Waals surface area (Å²) in [4.78, 5) is 28.7. The molecule has 2 aromatic heterocycles. The van der Waals surface area contributed by atoms with Crippen molar-refractivity contribution >= 4 is 5.82 Å².